The number of hydrogen-bond donors (Lipinski definition) is 2. The first-order valence-corrected chi connectivity index (χ1v) is 9.95. The molecule has 0 unspecified atom stereocenters. The van der Waals surface area contributed by atoms with Gasteiger partial charge in [-0.1, -0.05) is 0 Å². The summed E-state index contributed by atoms with van der Waals surface area (Å²) in [4.78, 5) is 15.7. The Bertz CT molecular complexity index is 431. The zero-order valence-corrected chi connectivity index (χ0v) is 15.1. The molecule has 0 aliphatic rings. The maximum atomic E-state index is 11.8. The van der Waals surface area contributed by atoms with E-state index >= 15 is 0 Å². The third-order valence-corrected chi connectivity index (χ3v) is 6.13. The van der Waals surface area contributed by atoms with Gasteiger partial charge in [0.1, 0.15) is 0 Å². The molecule has 2 amide bonds. The van der Waals surface area contributed by atoms with Crippen molar-refractivity contribution in [3.05, 3.63) is 24.5 Å². The molecule has 0 saturated carbocycles. The molecular weight excluding hydrogens is 314 g/mol. The van der Waals surface area contributed by atoms with Crippen LogP contribution >= 0.6 is 0 Å². The fourth-order valence-electron chi connectivity index (χ4n) is 2.12. The fourth-order valence-corrected chi connectivity index (χ4v) is 4.73. The van der Waals surface area contributed by atoms with Crippen LogP contribution in [0.25, 0.3) is 0 Å². The summed E-state index contributed by atoms with van der Waals surface area (Å²) in [5.41, 5.74) is 0.708. The zero-order chi connectivity index (χ0) is 17.0. The lowest BCUT2D eigenvalue weighted by atomic mass is 10.4. The van der Waals surface area contributed by atoms with Crippen molar-refractivity contribution in [3.8, 4) is 0 Å². The average Bonchev–Trinajstić information content (AvgIpc) is 2.53. The maximum Gasteiger partial charge on any atom is 0.500 e. The second kappa shape index (κ2) is 11.1. The van der Waals surface area contributed by atoms with Crippen molar-refractivity contribution in [3.63, 3.8) is 0 Å². The Morgan fingerprint density at radius 3 is 2.17 bits per heavy atom. The molecule has 2 N–H and O–H groups in total. The molecule has 1 rings (SSSR count). The van der Waals surface area contributed by atoms with Gasteiger partial charge in [0.2, 0.25) is 0 Å². The monoisotopic (exact) mass is 341 g/mol. The topological polar surface area (TPSA) is 81.7 Å². The van der Waals surface area contributed by atoms with Gasteiger partial charge in [0.25, 0.3) is 0 Å². The molecule has 0 aromatic carbocycles. The van der Waals surface area contributed by atoms with Crippen molar-refractivity contribution in [2.45, 2.75) is 33.2 Å². The van der Waals surface area contributed by atoms with Gasteiger partial charge in [0.15, 0.2) is 0 Å². The summed E-state index contributed by atoms with van der Waals surface area (Å²) in [5.74, 6) is 0. The summed E-state index contributed by atoms with van der Waals surface area (Å²) >= 11 is 0. The van der Waals surface area contributed by atoms with E-state index < -0.39 is 8.80 Å². The van der Waals surface area contributed by atoms with Crippen molar-refractivity contribution in [1.29, 1.82) is 0 Å². The number of pyridine rings is 1. The molecule has 0 fully saturated rings. The molecule has 0 aliphatic carbocycles. The molecule has 0 spiro atoms. The minimum absolute atomic E-state index is 0.243. The minimum atomic E-state index is -2.62. The van der Waals surface area contributed by atoms with Gasteiger partial charge in [-0.3, -0.25) is 4.98 Å². The van der Waals surface area contributed by atoms with E-state index in [4.69, 9.17) is 13.3 Å². The first kappa shape index (κ1) is 19.6. The Balaban J connectivity index is 2.36. The van der Waals surface area contributed by atoms with Crippen LogP contribution in [0.15, 0.2) is 24.5 Å². The Kier molecular flexibility index (Phi) is 9.45. The second-order valence-corrected chi connectivity index (χ2v) is 7.43. The number of urea groups is 1. The molecule has 7 nitrogen and oxygen atoms in total. The summed E-state index contributed by atoms with van der Waals surface area (Å²) in [6, 6.07) is 3.90. The van der Waals surface area contributed by atoms with Crippen molar-refractivity contribution >= 4 is 20.5 Å². The third-order valence-electron chi connectivity index (χ3n) is 2.98. The largest absolute Gasteiger partial charge is 0.500 e. The van der Waals surface area contributed by atoms with Crippen LogP contribution in [0.1, 0.15) is 27.2 Å². The summed E-state index contributed by atoms with van der Waals surface area (Å²) in [7, 11) is -2.62. The highest BCUT2D eigenvalue weighted by atomic mass is 28.4. The Morgan fingerprint density at radius 2 is 1.65 bits per heavy atom. The minimum Gasteiger partial charge on any atom is -0.374 e. The smallest absolute Gasteiger partial charge is 0.374 e. The number of amides is 2. The van der Waals surface area contributed by atoms with Gasteiger partial charge in [-0.25, -0.2) is 4.79 Å². The molecule has 0 saturated heterocycles. The highest BCUT2D eigenvalue weighted by Gasteiger charge is 2.39. The molecule has 130 valence electrons. The SMILES string of the molecule is CCO[Si](CCCNC(=O)Nc1ccncc1)(OCC)OCC. The van der Waals surface area contributed by atoms with E-state index in [2.05, 4.69) is 15.6 Å². The first-order chi connectivity index (χ1) is 11.2. The third kappa shape index (κ3) is 7.55. The van der Waals surface area contributed by atoms with Crippen LogP contribution in [0.4, 0.5) is 10.5 Å². The summed E-state index contributed by atoms with van der Waals surface area (Å²) < 4.78 is 17.3. The van der Waals surface area contributed by atoms with E-state index in [1.165, 1.54) is 0 Å². The first-order valence-electron chi connectivity index (χ1n) is 8.02. The van der Waals surface area contributed by atoms with Gasteiger partial charge in [-0.15, -0.1) is 0 Å². The van der Waals surface area contributed by atoms with Gasteiger partial charge in [0, 0.05) is 50.5 Å². The molecular formula is C15H27N3O4Si. The van der Waals surface area contributed by atoms with Gasteiger partial charge in [-0.05, 0) is 39.3 Å². The highest BCUT2D eigenvalue weighted by Crippen LogP contribution is 2.17. The van der Waals surface area contributed by atoms with E-state index in [9.17, 15) is 4.79 Å². The van der Waals surface area contributed by atoms with Crippen LogP contribution in [0.5, 0.6) is 0 Å². The molecule has 23 heavy (non-hydrogen) atoms. The lowest BCUT2D eigenvalue weighted by Crippen LogP contribution is -2.46. The van der Waals surface area contributed by atoms with Crippen LogP contribution in [0.2, 0.25) is 6.04 Å². The number of aromatic nitrogens is 1. The standard InChI is InChI=1S/C15H27N3O4Si/c1-4-20-23(21-5-2,22-6-3)13-7-10-17-15(19)18-14-8-11-16-12-9-14/h8-9,11-12H,4-7,10,13H2,1-3H3,(H2,16,17,18,19). The molecule has 0 atom stereocenters. The summed E-state index contributed by atoms with van der Waals surface area (Å²) in [5, 5.41) is 5.56. The predicted molar refractivity (Wildman–Crippen MR) is 91.3 cm³/mol. The lowest BCUT2D eigenvalue weighted by molar-refractivity contribution is 0.0708. The van der Waals surface area contributed by atoms with Gasteiger partial charge in [-0.2, -0.15) is 0 Å². The van der Waals surface area contributed by atoms with Crippen LogP contribution < -0.4 is 10.6 Å². The number of carbonyl (C=O) groups excluding carboxylic acids is 1. The van der Waals surface area contributed by atoms with Gasteiger partial charge >= 0.3 is 14.8 Å². The Morgan fingerprint density at radius 1 is 1.09 bits per heavy atom. The van der Waals surface area contributed by atoms with E-state index in [-0.39, 0.29) is 6.03 Å². The van der Waals surface area contributed by atoms with E-state index in [0.717, 1.165) is 6.42 Å². The van der Waals surface area contributed by atoms with Crippen molar-refractivity contribution in [2.24, 2.45) is 0 Å². The lowest BCUT2D eigenvalue weighted by Gasteiger charge is -2.28. The van der Waals surface area contributed by atoms with Crippen LogP contribution in [0.3, 0.4) is 0 Å². The number of anilines is 1. The number of nitrogens with one attached hydrogen (secondary N) is 2. The van der Waals surface area contributed by atoms with E-state index in [1.54, 1.807) is 24.5 Å². The van der Waals surface area contributed by atoms with Gasteiger partial charge < -0.3 is 23.9 Å². The number of nitrogens with zero attached hydrogens (tertiary/aromatic N) is 1. The normalized spacial score (nSPS) is 11.3. The Hall–Kier alpha value is -1.48. The quantitative estimate of drug-likeness (QED) is 0.478. The second-order valence-electron chi connectivity index (χ2n) is 4.70. The summed E-state index contributed by atoms with van der Waals surface area (Å²) in [6.45, 7) is 7.99. The van der Waals surface area contributed by atoms with Crippen molar-refractivity contribution < 1.29 is 18.1 Å². The average molecular weight is 341 g/mol. The van der Waals surface area contributed by atoms with Crippen molar-refractivity contribution in [2.75, 3.05) is 31.7 Å². The fraction of sp³-hybridized carbons (Fsp3) is 0.600. The Labute approximate surface area is 139 Å². The molecule has 1 aromatic heterocycles. The molecule has 8 heteroatoms. The molecule has 0 bridgehead atoms. The predicted octanol–water partition coefficient (Wildman–Crippen LogP) is 2.64. The van der Waals surface area contributed by atoms with Gasteiger partial charge in [0.05, 0.1) is 0 Å². The molecule has 1 heterocycles. The van der Waals surface area contributed by atoms with Crippen LogP contribution in [0, 0.1) is 0 Å². The zero-order valence-electron chi connectivity index (χ0n) is 14.1. The summed E-state index contributed by atoms with van der Waals surface area (Å²) in [6.07, 6.45) is 3.99. The van der Waals surface area contributed by atoms with Crippen LogP contribution in [-0.2, 0) is 13.3 Å². The van der Waals surface area contributed by atoms with E-state index in [0.29, 0.717) is 38.1 Å². The van der Waals surface area contributed by atoms with Crippen LogP contribution in [-0.4, -0.2) is 46.2 Å². The van der Waals surface area contributed by atoms with E-state index in [1.807, 2.05) is 20.8 Å². The van der Waals surface area contributed by atoms with Crippen molar-refractivity contribution in [1.82, 2.24) is 10.3 Å². The number of carbonyl (C=O) groups is 1. The highest BCUT2D eigenvalue weighted by molar-refractivity contribution is 6.60. The number of hydrogen-bond acceptors (Lipinski definition) is 5. The number of rotatable bonds is 11. The molecule has 0 radical (unpaired) electrons. The maximum absolute atomic E-state index is 11.8. The molecule has 0 aliphatic heterocycles. The molecule has 1 aromatic rings.